The van der Waals surface area contributed by atoms with E-state index >= 15 is 0 Å². The third kappa shape index (κ3) is 3.94. The van der Waals surface area contributed by atoms with Gasteiger partial charge in [0.05, 0.1) is 19.8 Å². The molecule has 2 aliphatic heterocycles. The van der Waals surface area contributed by atoms with E-state index in [0.29, 0.717) is 42.3 Å². The fourth-order valence-electron chi connectivity index (χ4n) is 5.46. The molecule has 1 saturated carbocycles. The van der Waals surface area contributed by atoms with E-state index in [9.17, 15) is 14.7 Å². The largest absolute Gasteiger partial charge is 0.508 e. The second kappa shape index (κ2) is 8.90. The maximum Gasteiger partial charge on any atom is 0.258 e. The highest BCUT2D eigenvalue weighted by atomic mass is 16.5. The number of carbonyl (C=O) groups excluding carboxylic acids is 2. The molecular formula is C29H28N2O5. The Hall–Kier alpha value is -4.00. The predicted octanol–water partition coefficient (Wildman–Crippen LogP) is 5.04. The van der Waals surface area contributed by atoms with Crippen molar-refractivity contribution in [2.45, 2.75) is 51.4 Å². The smallest absolute Gasteiger partial charge is 0.258 e. The number of phenols is 1. The molecule has 3 aromatic carbocycles. The van der Waals surface area contributed by atoms with Gasteiger partial charge in [-0.25, -0.2) is 0 Å². The van der Waals surface area contributed by atoms with Crippen molar-refractivity contribution in [2.24, 2.45) is 0 Å². The van der Waals surface area contributed by atoms with Crippen molar-refractivity contribution in [3.63, 3.8) is 0 Å². The number of ether oxygens (including phenoxy) is 2. The van der Waals surface area contributed by atoms with Gasteiger partial charge in [0.2, 0.25) is 0 Å². The van der Waals surface area contributed by atoms with Crippen LogP contribution in [-0.2, 0) is 19.6 Å². The van der Waals surface area contributed by atoms with Gasteiger partial charge in [-0.3, -0.25) is 9.59 Å². The van der Waals surface area contributed by atoms with Gasteiger partial charge in [0.1, 0.15) is 5.75 Å². The van der Waals surface area contributed by atoms with Crippen molar-refractivity contribution in [3.8, 4) is 17.2 Å². The lowest BCUT2D eigenvalue weighted by molar-refractivity contribution is 0.0751. The number of aromatic hydroxyl groups is 1. The molecule has 0 bridgehead atoms. The van der Waals surface area contributed by atoms with Gasteiger partial charge in [-0.2, -0.15) is 0 Å². The normalized spacial score (nSPS) is 16.9. The average molecular weight is 485 g/mol. The van der Waals surface area contributed by atoms with E-state index in [-0.39, 0.29) is 23.7 Å². The number of rotatable bonds is 5. The molecule has 6 rings (SSSR count). The molecule has 184 valence electrons. The summed E-state index contributed by atoms with van der Waals surface area (Å²) < 4.78 is 11.7. The van der Waals surface area contributed by atoms with E-state index in [0.717, 1.165) is 35.2 Å². The van der Waals surface area contributed by atoms with Crippen LogP contribution in [0.1, 0.15) is 63.1 Å². The summed E-state index contributed by atoms with van der Waals surface area (Å²) in [4.78, 5) is 30.1. The Morgan fingerprint density at radius 2 is 1.67 bits per heavy atom. The Kier molecular flexibility index (Phi) is 5.55. The van der Waals surface area contributed by atoms with E-state index in [1.165, 1.54) is 12.8 Å². The number of nitrogens with zero attached hydrogens (tertiary/aromatic N) is 2. The summed E-state index contributed by atoms with van der Waals surface area (Å²) in [6.07, 6.45) is 4.57. The quantitative estimate of drug-likeness (QED) is 0.549. The number of benzene rings is 3. The summed E-state index contributed by atoms with van der Waals surface area (Å²) in [5.41, 5.74) is 4.64. The number of fused-ring (bicyclic) bond motifs is 2. The molecule has 3 aromatic rings. The van der Waals surface area contributed by atoms with E-state index in [1.807, 2.05) is 30.3 Å². The second-order valence-corrected chi connectivity index (χ2v) is 9.74. The minimum Gasteiger partial charge on any atom is -0.508 e. The first kappa shape index (κ1) is 22.5. The van der Waals surface area contributed by atoms with Gasteiger partial charge in [-0.1, -0.05) is 12.1 Å². The van der Waals surface area contributed by atoms with Crippen LogP contribution < -0.4 is 14.4 Å². The summed E-state index contributed by atoms with van der Waals surface area (Å²) >= 11 is 0. The molecular weight excluding hydrogens is 456 g/mol. The molecule has 0 radical (unpaired) electrons. The van der Waals surface area contributed by atoms with Crippen LogP contribution in [0.2, 0.25) is 0 Å². The molecule has 36 heavy (non-hydrogen) atoms. The zero-order valence-corrected chi connectivity index (χ0v) is 20.2. The Morgan fingerprint density at radius 3 is 2.47 bits per heavy atom. The van der Waals surface area contributed by atoms with Crippen molar-refractivity contribution in [2.75, 3.05) is 12.0 Å². The fourth-order valence-corrected chi connectivity index (χ4v) is 5.46. The van der Waals surface area contributed by atoms with Gasteiger partial charge in [0.15, 0.2) is 11.5 Å². The maximum absolute atomic E-state index is 13.4. The van der Waals surface area contributed by atoms with Crippen LogP contribution in [0.3, 0.4) is 0 Å². The summed E-state index contributed by atoms with van der Waals surface area (Å²) in [5.74, 6) is 1.24. The molecule has 0 aromatic heterocycles. The van der Waals surface area contributed by atoms with E-state index in [2.05, 4.69) is 0 Å². The van der Waals surface area contributed by atoms with Gasteiger partial charge < -0.3 is 24.4 Å². The van der Waals surface area contributed by atoms with Crippen molar-refractivity contribution in [1.82, 2.24) is 4.90 Å². The van der Waals surface area contributed by atoms with Crippen molar-refractivity contribution in [1.29, 1.82) is 0 Å². The average Bonchev–Trinajstić information content (AvgIpc) is 3.62. The van der Waals surface area contributed by atoms with Crippen molar-refractivity contribution >= 4 is 17.5 Å². The number of methoxy groups -OCH3 is 1. The molecule has 3 aliphatic rings. The highest BCUT2D eigenvalue weighted by Gasteiger charge is 2.32. The Morgan fingerprint density at radius 1 is 0.889 bits per heavy atom. The van der Waals surface area contributed by atoms with Gasteiger partial charge in [0, 0.05) is 36.0 Å². The lowest BCUT2D eigenvalue weighted by Crippen LogP contribution is -2.26. The molecule has 7 heteroatoms. The summed E-state index contributed by atoms with van der Waals surface area (Å²) in [6, 6.07) is 16.1. The third-order valence-corrected chi connectivity index (χ3v) is 7.42. The van der Waals surface area contributed by atoms with Crippen LogP contribution in [0.25, 0.3) is 0 Å². The SMILES string of the molecule is COc1ccc(N2Cc3ccc(C(=O)N4Cc5ccc(O)cc5C4)cc3C2=O)cc1OC1CCCC1. The highest BCUT2D eigenvalue weighted by molar-refractivity contribution is 6.11. The van der Waals surface area contributed by atoms with Gasteiger partial charge >= 0.3 is 0 Å². The van der Waals surface area contributed by atoms with E-state index in [1.54, 1.807) is 41.2 Å². The van der Waals surface area contributed by atoms with Crippen LogP contribution in [0.5, 0.6) is 17.2 Å². The molecule has 1 fully saturated rings. The topological polar surface area (TPSA) is 79.3 Å². The Labute approximate surface area is 209 Å². The zero-order chi connectivity index (χ0) is 24.8. The highest BCUT2D eigenvalue weighted by Crippen LogP contribution is 2.38. The number of anilines is 1. The molecule has 0 unspecified atom stereocenters. The predicted molar refractivity (Wildman–Crippen MR) is 135 cm³/mol. The number of phenolic OH excluding ortho intramolecular Hbond substituents is 1. The first-order valence-corrected chi connectivity index (χ1v) is 12.4. The number of hydrogen-bond acceptors (Lipinski definition) is 5. The van der Waals surface area contributed by atoms with Gasteiger partial charge in [-0.05, 0) is 78.8 Å². The minimum absolute atomic E-state index is 0.128. The molecule has 1 N–H and O–H groups in total. The van der Waals surface area contributed by atoms with Crippen LogP contribution in [-0.4, -0.2) is 35.0 Å². The minimum atomic E-state index is -0.133. The van der Waals surface area contributed by atoms with Crippen LogP contribution in [0.15, 0.2) is 54.6 Å². The Bertz CT molecular complexity index is 1360. The maximum atomic E-state index is 13.4. The van der Waals surface area contributed by atoms with Crippen molar-refractivity contribution < 1.29 is 24.2 Å². The molecule has 2 heterocycles. The molecule has 7 nitrogen and oxygen atoms in total. The molecule has 1 aliphatic carbocycles. The first-order chi connectivity index (χ1) is 17.5. The molecule has 0 saturated heterocycles. The van der Waals surface area contributed by atoms with E-state index < -0.39 is 0 Å². The van der Waals surface area contributed by atoms with Gasteiger partial charge in [0.25, 0.3) is 11.8 Å². The van der Waals surface area contributed by atoms with E-state index in [4.69, 9.17) is 9.47 Å². The second-order valence-electron chi connectivity index (χ2n) is 9.74. The fraction of sp³-hybridized carbons (Fsp3) is 0.310. The van der Waals surface area contributed by atoms with Crippen LogP contribution in [0, 0.1) is 0 Å². The molecule has 0 atom stereocenters. The zero-order valence-electron chi connectivity index (χ0n) is 20.2. The van der Waals surface area contributed by atoms with Crippen LogP contribution >= 0.6 is 0 Å². The lowest BCUT2D eigenvalue weighted by Gasteiger charge is -2.20. The summed E-state index contributed by atoms with van der Waals surface area (Å²) in [5, 5.41) is 9.75. The van der Waals surface area contributed by atoms with Gasteiger partial charge in [-0.15, -0.1) is 0 Å². The third-order valence-electron chi connectivity index (χ3n) is 7.42. The number of carbonyl (C=O) groups is 2. The van der Waals surface area contributed by atoms with Crippen LogP contribution in [0.4, 0.5) is 5.69 Å². The standard InChI is InChI=1S/C29H28N2O5/c1-35-26-11-9-22(14-27(26)36-24-4-2-3-5-24)31-17-20-7-6-18(13-25(20)29(31)34)28(33)30-15-19-8-10-23(32)12-21(19)16-30/h6-14,24,32H,2-5,15-17H2,1H3. The molecule has 2 amide bonds. The molecule has 0 spiro atoms. The first-order valence-electron chi connectivity index (χ1n) is 12.4. The number of amides is 2. The Balaban J connectivity index is 1.22. The monoisotopic (exact) mass is 484 g/mol. The van der Waals surface area contributed by atoms with Crippen molar-refractivity contribution in [3.05, 3.63) is 82.4 Å². The number of hydrogen-bond donors (Lipinski definition) is 1. The summed E-state index contributed by atoms with van der Waals surface area (Å²) in [6.45, 7) is 1.36. The lowest BCUT2D eigenvalue weighted by atomic mass is 10.1. The summed E-state index contributed by atoms with van der Waals surface area (Å²) in [7, 11) is 1.62.